The van der Waals surface area contributed by atoms with Crippen molar-refractivity contribution in [3.63, 3.8) is 0 Å². The summed E-state index contributed by atoms with van der Waals surface area (Å²) in [4.78, 5) is 13.8. The van der Waals surface area contributed by atoms with Gasteiger partial charge in [-0.1, -0.05) is 0 Å². The largest absolute Gasteiger partial charge is 0.454 e. The normalized spacial score (nSPS) is 12.5. The number of benzene rings is 1. The van der Waals surface area contributed by atoms with Gasteiger partial charge < -0.3 is 14.8 Å². The van der Waals surface area contributed by atoms with Crippen molar-refractivity contribution in [3.05, 3.63) is 40.1 Å². The number of aryl methyl sites for hydroxylation is 1. The first kappa shape index (κ1) is 11.1. The van der Waals surface area contributed by atoms with Crippen LogP contribution >= 0.6 is 11.3 Å². The van der Waals surface area contributed by atoms with Gasteiger partial charge in [-0.05, 0) is 31.2 Å². The highest BCUT2D eigenvalue weighted by atomic mass is 32.1. The third-order valence-corrected chi connectivity index (χ3v) is 3.59. The summed E-state index contributed by atoms with van der Waals surface area (Å²) >= 11 is 1.47. The Balaban J connectivity index is 1.78. The Morgan fingerprint density at radius 3 is 2.83 bits per heavy atom. The lowest BCUT2D eigenvalue weighted by atomic mass is 10.2. The summed E-state index contributed by atoms with van der Waals surface area (Å²) in [5.74, 6) is 1.27. The van der Waals surface area contributed by atoms with E-state index in [2.05, 4.69) is 5.32 Å². The predicted molar refractivity (Wildman–Crippen MR) is 69.6 cm³/mol. The number of anilines is 1. The van der Waals surface area contributed by atoms with Gasteiger partial charge in [-0.25, -0.2) is 0 Å². The minimum atomic E-state index is -0.105. The van der Waals surface area contributed by atoms with Gasteiger partial charge in [-0.3, -0.25) is 4.79 Å². The number of carbonyl (C=O) groups is 1. The molecule has 0 radical (unpaired) electrons. The maximum Gasteiger partial charge on any atom is 0.265 e. The second-order valence-electron chi connectivity index (χ2n) is 3.93. The Morgan fingerprint density at radius 2 is 2.06 bits per heavy atom. The number of amides is 1. The molecule has 0 fully saturated rings. The number of ether oxygens (including phenoxy) is 2. The van der Waals surface area contributed by atoms with Crippen molar-refractivity contribution in [1.29, 1.82) is 0 Å². The van der Waals surface area contributed by atoms with E-state index >= 15 is 0 Å². The first-order valence-electron chi connectivity index (χ1n) is 5.50. The highest BCUT2D eigenvalue weighted by molar-refractivity contribution is 7.14. The van der Waals surface area contributed by atoms with Gasteiger partial charge >= 0.3 is 0 Å². The Morgan fingerprint density at radius 1 is 1.22 bits per heavy atom. The van der Waals surface area contributed by atoms with Crippen molar-refractivity contribution in [3.8, 4) is 11.5 Å². The maximum absolute atomic E-state index is 12.0. The Bertz CT molecular complexity index is 606. The van der Waals surface area contributed by atoms with Crippen LogP contribution in [0.25, 0.3) is 0 Å². The highest BCUT2D eigenvalue weighted by Crippen LogP contribution is 2.34. The maximum atomic E-state index is 12.0. The van der Waals surface area contributed by atoms with Crippen molar-refractivity contribution in [2.45, 2.75) is 6.92 Å². The summed E-state index contributed by atoms with van der Waals surface area (Å²) in [5, 5.41) is 2.84. The van der Waals surface area contributed by atoms with E-state index in [9.17, 15) is 4.79 Å². The summed E-state index contributed by atoms with van der Waals surface area (Å²) in [7, 11) is 0. The zero-order valence-corrected chi connectivity index (χ0v) is 10.5. The van der Waals surface area contributed by atoms with Crippen molar-refractivity contribution in [2.24, 2.45) is 0 Å². The number of nitrogens with one attached hydrogen (secondary N) is 1. The highest BCUT2D eigenvalue weighted by Gasteiger charge is 2.15. The molecule has 2 heterocycles. The zero-order valence-electron chi connectivity index (χ0n) is 9.73. The molecule has 1 aromatic carbocycles. The second-order valence-corrected chi connectivity index (χ2v) is 5.22. The molecule has 0 saturated heterocycles. The van der Waals surface area contributed by atoms with E-state index in [4.69, 9.17) is 9.47 Å². The summed E-state index contributed by atoms with van der Waals surface area (Å²) < 4.78 is 10.5. The molecule has 3 rings (SSSR count). The Labute approximate surface area is 108 Å². The van der Waals surface area contributed by atoms with Gasteiger partial charge in [0.15, 0.2) is 11.5 Å². The Hall–Kier alpha value is -2.01. The molecule has 2 aromatic rings. The van der Waals surface area contributed by atoms with E-state index in [1.807, 2.05) is 19.1 Å². The quantitative estimate of drug-likeness (QED) is 0.903. The lowest BCUT2D eigenvalue weighted by molar-refractivity contribution is 0.103. The lowest BCUT2D eigenvalue weighted by Gasteiger charge is -2.04. The molecular formula is C13H11NO3S. The van der Waals surface area contributed by atoms with E-state index in [-0.39, 0.29) is 12.7 Å². The summed E-state index contributed by atoms with van der Waals surface area (Å²) in [5.41, 5.74) is 0.704. The summed E-state index contributed by atoms with van der Waals surface area (Å²) in [6.45, 7) is 2.21. The van der Waals surface area contributed by atoms with Gasteiger partial charge in [0.2, 0.25) is 6.79 Å². The van der Waals surface area contributed by atoms with Crippen LogP contribution in [0.5, 0.6) is 11.5 Å². The van der Waals surface area contributed by atoms with Crippen LogP contribution < -0.4 is 14.8 Å². The molecule has 18 heavy (non-hydrogen) atoms. The van der Waals surface area contributed by atoms with Gasteiger partial charge in [0, 0.05) is 16.6 Å². The minimum absolute atomic E-state index is 0.105. The predicted octanol–water partition coefficient (Wildman–Crippen LogP) is 3.04. The van der Waals surface area contributed by atoms with Gasteiger partial charge in [0.05, 0.1) is 4.88 Å². The van der Waals surface area contributed by atoms with Crippen LogP contribution in [0, 0.1) is 6.92 Å². The monoisotopic (exact) mass is 261 g/mol. The molecule has 1 amide bonds. The molecule has 0 bridgehead atoms. The van der Waals surface area contributed by atoms with Crippen molar-refractivity contribution < 1.29 is 14.3 Å². The number of fused-ring (bicyclic) bond motifs is 1. The van der Waals surface area contributed by atoms with Crippen LogP contribution in [0.15, 0.2) is 30.3 Å². The molecule has 0 spiro atoms. The zero-order chi connectivity index (χ0) is 12.5. The first-order valence-corrected chi connectivity index (χ1v) is 6.31. The summed E-state index contributed by atoms with van der Waals surface area (Å²) in [6, 6.07) is 9.10. The molecule has 5 heteroatoms. The van der Waals surface area contributed by atoms with Crippen LogP contribution in [0.4, 0.5) is 5.69 Å². The average Bonchev–Trinajstić information content (AvgIpc) is 2.96. The fourth-order valence-corrected chi connectivity index (χ4v) is 2.49. The molecule has 0 aliphatic carbocycles. The Kier molecular flexibility index (Phi) is 2.68. The smallest absolute Gasteiger partial charge is 0.265 e. The minimum Gasteiger partial charge on any atom is -0.454 e. The molecule has 0 saturated carbocycles. The molecule has 1 N–H and O–H groups in total. The van der Waals surface area contributed by atoms with Gasteiger partial charge in [0.1, 0.15) is 0 Å². The third-order valence-electron chi connectivity index (χ3n) is 2.59. The van der Waals surface area contributed by atoms with E-state index in [0.717, 1.165) is 4.88 Å². The molecule has 92 valence electrons. The number of hydrogen-bond donors (Lipinski definition) is 1. The van der Waals surface area contributed by atoms with E-state index in [1.54, 1.807) is 18.2 Å². The molecule has 1 aromatic heterocycles. The molecule has 0 atom stereocenters. The fraction of sp³-hybridized carbons (Fsp3) is 0.154. The SMILES string of the molecule is Cc1ccc(C(=O)Nc2ccc3c(c2)OCO3)s1. The van der Waals surface area contributed by atoms with Crippen LogP contribution in [0.3, 0.4) is 0 Å². The standard InChI is InChI=1S/C13H11NO3S/c1-8-2-5-12(18-8)13(15)14-9-3-4-10-11(6-9)17-7-16-10/h2-6H,7H2,1H3,(H,14,15). The van der Waals surface area contributed by atoms with Crippen molar-refractivity contribution >= 4 is 22.9 Å². The molecule has 4 nitrogen and oxygen atoms in total. The molecule has 0 unspecified atom stereocenters. The molecule has 1 aliphatic rings. The van der Waals surface area contributed by atoms with Crippen molar-refractivity contribution in [2.75, 3.05) is 12.1 Å². The summed E-state index contributed by atoms with van der Waals surface area (Å²) in [6.07, 6.45) is 0. The van der Waals surface area contributed by atoms with Crippen LogP contribution in [-0.4, -0.2) is 12.7 Å². The topological polar surface area (TPSA) is 47.6 Å². The molecular weight excluding hydrogens is 250 g/mol. The van der Waals surface area contributed by atoms with E-state index in [1.165, 1.54) is 11.3 Å². The average molecular weight is 261 g/mol. The van der Waals surface area contributed by atoms with Crippen LogP contribution in [-0.2, 0) is 0 Å². The van der Waals surface area contributed by atoms with E-state index < -0.39 is 0 Å². The first-order chi connectivity index (χ1) is 8.72. The van der Waals surface area contributed by atoms with E-state index in [0.29, 0.717) is 22.1 Å². The van der Waals surface area contributed by atoms with Gasteiger partial charge in [0.25, 0.3) is 5.91 Å². The second kappa shape index (κ2) is 4.34. The number of hydrogen-bond acceptors (Lipinski definition) is 4. The number of carbonyl (C=O) groups excluding carboxylic acids is 1. The number of rotatable bonds is 2. The van der Waals surface area contributed by atoms with Crippen LogP contribution in [0.2, 0.25) is 0 Å². The van der Waals surface area contributed by atoms with Crippen LogP contribution in [0.1, 0.15) is 14.5 Å². The number of thiophene rings is 1. The lowest BCUT2D eigenvalue weighted by Crippen LogP contribution is -2.09. The van der Waals surface area contributed by atoms with Gasteiger partial charge in [-0.2, -0.15) is 0 Å². The van der Waals surface area contributed by atoms with Gasteiger partial charge in [-0.15, -0.1) is 11.3 Å². The third kappa shape index (κ3) is 2.04. The molecule has 1 aliphatic heterocycles. The fourth-order valence-electron chi connectivity index (χ4n) is 1.72. The van der Waals surface area contributed by atoms with Crippen molar-refractivity contribution in [1.82, 2.24) is 0 Å².